The van der Waals surface area contributed by atoms with Crippen molar-refractivity contribution in [2.75, 3.05) is 115 Å². The number of aromatic hydroxyl groups is 1. The molecule has 0 unspecified atom stereocenters. The topological polar surface area (TPSA) is 221 Å². The minimum atomic E-state index is -1.73. The summed E-state index contributed by atoms with van der Waals surface area (Å²) in [7, 11) is 3.00. The van der Waals surface area contributed by atoms with E-state index in [1.165, 1.54) is 84.8 Å². The molecule has 1 saturated heterocycles. The first kappa shape index (κ1) is 68.1. The maximum absolute atomic E-state index is 16.5. The molecule has 1 aliphatic carbocycles. The number of nitriles is 1. The van der Waals surface area contributed by atoms with E-state index < -0.39 is 75.0 Å². The predicted molar refractivity (Wildman–Crippen MR) is 336 cm³/mol. The standard InChI is InChI=1S/C65H70Cl3F4N9O9/c1-7-52(83)80-21-23-81(24-22-80)60-43-35-46(68)54(55-47(69)12-9-13-50(55)82)58(72)59(43)77-63(78-60)75-19-18-53(84)79(5)25-27-89-29-31-90-30-28-88-26-20-74-61(85)38-14-17-49(51(32-38)87-6)76-62(86)42-33-39(36-64(2,3)4)65(37-73,44-16-15-40(66)34-48(44)70)56(42)41-10-8-11-45(67)57(41)71/h7-17,32,34-35,39,42,56,82H,1,18-31,33,36H2,2-6H3,(H,74,85)(H,76,86)(H,75,77,78)/t39-,42+,56-,65+/m0/s1. The van der Waals surface area contributed by atoms with Crippen molar-refractivity contribution in [3.63, 3.8) is 0 Å². The molecule has 0 bridgehead atoms. The average molecular weight is 1300 g/mol. The number of benzene rings is 5. The van der Waals surface area contributed by atoms with E-state index >= 15 is 17.6 Å². The molecule has 4 N–H and O–H groups in total. The van der Waals surface area contributed by atoms with Crippen LogP contribution in [0, 0.1) is 51.9 Å². The van der Waals surface area contributed by atoms with E-state index in [0.29, 0.717) is 38.4 Å². The lowest BCUT2D eigenvalue weighted by molar-refractivity contribution is -0.130. The zero-order valence-corrected chi connectivity index (χ0v) is 52.6. The summed E-state index contributed by atoms with van der Waals surface area (Å²) in [6.07, 6.45) is 1.71. The molecule has 478 valence electrons. The van der Waals surface area contributed by atoms with Crippen molar-refractivity contribution >= 4 is 86.8 Å². The van der Waals surface area contributed by atoms with Gasteiger partial charge in [-0.2, -0.15) is 10.2 Å². The number of phenols is 1. The van der Waals surface area contributed by atoms with Crippen molar-refractivity contribution in [3.8, 4) is 28.7 Å². The molecule has 25 heteroatoms. The van der Waals surface area contributed by atoms with E-state index in [2.05, 4.69) is 38.6 Å². The molecule has 2 heterocycles. The number of ether oxygens (including phenoxy) is 4. The predicted octanol–water partition coefficient (Wildman–Crippen LogP) is 11.4. The number of rotatable bonds is 26. The van der Waals surface area contributed by atoms with Gasteiger partial charge in [-0.1, -0.05) is 86.4 Å². The van der Waals surface area contributed by atoms with Crippen molar-refractivity contribution in [1.29, 1.82) is 5.26 Å². The summed E-state index contributed by atoms with van der Waals surface area (Å²) in [6.45, 7) is 12.6. The van der Waals surface area contributed by atoms with E-state index in [1.807, 2.05) is 25.7 Å². The van der Waals surface area contributed by atoms with Gasteiger partial charge in [-0.05, 0) is 90.4 Å². The summed E-state index contributed by atoms with van der Waals surface area (Å²) in [5, 5.41) is 30.4. The largest absolute Gasteiger partial charge is 0.507 e. The summed E-state index contributed by atoms with van der Waals surface area (Å²) in [6, 6.07) is 20.2. The summed E-state index contributed by atoms with van der Waals surface area (Å²) < 4.78 is 86.5. The monoisotopic (exact) mass is 1300 g/mol. The molecule has 0 radical (unpaired) electrons. The van der Waals surface area contributed by atoms with Gasteiger partial charge in [-0.25, -0.2) is 22.5 Å². The zero-order valence-electron chi connectivity index (χ0n) is 50.4. The number of aromatic nitrogens is 2. The van der Waals surface area contributed by atoms with Crippen LogP contribution in [-0.4, -0.2) is 148 Å². The summed E-state index contributed by atoms with van der Waals surface area (Å²) >= 11 is 19.1. The van der Waals surface area contributed by atoms with Crippen LogP contribution in [0.3, 0.4) is 0 Å². The number of methoxy groups -OCH3 is 1. The normalized spacial score (nSPS) is 17.4. The Morgan fingerprint density at radius 2 is 1.54 bits per heavy atom. The van der Waals surface area contributed by atoms with Crippen molar-refractivity contribution in [3.05, 3.63) is 147 Å². The minimum Gasteiger partial charge on any atom is -0.507 e. The number of carbonyl (C=O) groups excluding carboxylic acids is 4. The van der Waals surface area contributed by atoms with Gasteiger partial charge in [0.2, 0.25) is 23.7 Å². The van der Waals surface area contributed by atoms with Crippen LogP contribution in [0.25, 0.3) is 22.0 Å². The number of phenolic OH excluding ortho intramolecular Hbond substituents is 1. The number of nitrogens with zero attached hydrogens (tertiary/aromatic N) is 6. The van der Waals surface area contributed by atoms with Crippen LogP contribution in [0.2, 0.25) is 15.1 Å². The Morgan fingerprint density at radius 1 is 0.844 bits per heavy atom. The molecular weight excluding hydrogens is 1230 g/mol. The first-order chi connectivity index (χ1) is 43.0. The average Bonchev–Trinajstić information content (AvgIpc) is 1.52. The van der Waals surface area contributed by atoms with Crippen LogP contribution >= 0.6 is 34.8 Å². The van der Waals surface area contributed by atoms with Crippen molar-refractivity contribution in [1.82, 2.24) is 25.1 Å². The molecule has 8 rings (SSSR count). The Hall–Kier alpha value is -7.78. The molecule has 90 heavy (non-hydrogen) atoms. The third-order valence-corrected chi connectivity index (χ3v) is 16.8. The molecule has 6 aromatic rings. The number of hydrogen-bond acceptors (Lipinski definition) is 14. The molecule has 1 saturated carbocycles. The quantitative estimate of drug-likeness (QED) is 0.0225. The minimum absolute atomic E-state index is 0.00367. The number of piperazine rings is 1. The van der Waals surface area contributed by atoms with Crippen molar-refractivity contribution in [2.45, 2.75) is 51.4 Å². The summed E-state index contributed by atoms with van der Waals surface area (Å²) in [5.41, 5.74) is -2.72. The van der Waals surface area contributed by atoms with Crippen LogP contribution in [0.15, 0.2) is 91.5 Å². The van der Waals surface area contributed by atoms with Crippen LogP contribution in [0.5, 0.6) is 11.5 Å². The van der Waals surface area contributed by atoms with Crippen LogP contribution in [0.4, 0.5) is 35.0 Å². The lowest BCUT2D eigenvalue weighted by Crippen LogP contribution is -2.48. The van der Waals surface area contributed by atoms with E-state index in [0.717, 1.165) is 12.1 Å². The highest BCUT2D eigenvalue weighted by Crippen LogP contribution is 2.61. The fourth-order valence-corrected chi connectivity index (χ4v) is 12.3. The van der Waals surface area contributed by atoms with E-state index in [4.69, 9.17) is 53.8 Å². The van der Waals surface area contributed by atoms with Gasteiger partial charge in [-0.3, -0.25) is 19.2 Å². The Balaban J connectivity index is 0.764. The second kappa shape index (κ2) is 30.4. The highest BCUT2D eigenvalue weighted by Gasteiger charge is 2.61. The Morgan fingerprint density at radius 3 is 2.21 bits per heavy atom. The number of amides is 4. The number of nitrogens with one attached hydrogen (secondary N) is 3. The summed E-state index contributed by atoms with van der Waals surface area (Å²) in [5.74, 6) is -7.91. The highest BCUT2D eigenvalue weighted by molar-refractivity contribution is 6.34. The molecule has 2 aliphatic rings. The molecular formula is C65H70Cl3F4N9O9. The van der Waals surface area contributed by atoms with Crippen molar-refractivity contribution in [2.24, 2.45) is 17.3 Å². The van der Waals surface area contributed by atoms with Gasteiger partial charge >= 0.3 is 0 Å². The van der Waals surface area contributed by atoms with Crippen molar-refractivity contribution < 1.29 is 60.8 Å². The Bertz CT molecular complexity index is 3660. The molecule has 5 aromatic carbocycles. The number of carbonyl (C=O) groups is 4. The van der Waals surface area contributed by atoms with Crippen LogP contribution in [-0.2, 0) is 34.0 Å². The van der Waals surface area contributed by atoms with Gasteiger partial charge in [0.15, 0.2) is 5.82 Å². The molecule has 0 spiro atoms. The van der Waals surface area contributed by atoms with Gasteiger partial charge in [0.05, 0.1) is 79.5 Å². The fourth-order valence-electron chi connectivity index (χ4n) is 11.7. The van der Waals surface area contributed by atoms with E-state index in [9.17, 15) is 29.5 Å². The van der Waals surface area contributed by atoms with Crippen LogP contribution in [0.1, 0.15) is 67.4 Å². The number of halogens is 7. The molecule has 18 nitrogen and oxygen atoms in total. The van der Waals surface area contributed by atoms with Gasteiger partial charge in [0, 0.05) is 98.2 Å². The third-order valence-electron chi connectivity index (χ3n) is 15.9. The molecule has 4 atom stereocenters. The van der Waals surface area contributed by atoms with Gasteiger partial charge < -0.3 is 54.7 Å². The number of anilines is 3. The molecule has 1 aliphatic heterocycles. The van der Waals surface area contributed by atoms with Gasteiger partial charge in [0.1, 0.15) is 40.3 Å². The number of fused-ring (bicyclic) bond motifs is 1. The maximum Gasteiger partial charge on any atom is 0.251 e. The molecule has 1 aromatic heterocycles. The highest BCUT2D eigenvalue weighted by atomic mass is 35.5. The van der Waals surface area contributed by atoms with Crippen LogP contribution < -0.4 is 25.6 Å². The number of likely N-dealkylation sites (N-methyl/N-ethyl adjacent to an activating group) is 1. The van der Waals surface area contributed by atoms with E-state index in [-0.39, 0.29) is 150 Å². The molecule has 4 amide bonds. The van der Waals surface area contributed by atoms with E-state index in [1.54, 1.807) is 11.9 Å². The lowest BCUT2D eigenvalue weighted by atomic mass is 9.62. The third kappa shape index (κ3) is 15.7. The second-order valence-electron chi connectivity index (χ2n) is 23.0. The lowest BCUT2D eigenvalue weighted by Gasteiger charge is -2.38. The SMILES string of the molecule is C=CC(=O)N1CCN(c2nc(NCCC(=O)N(C)CCOCCOCCOCCNC(=O)c3ccc(NC(=O)[C@@H]4C[C@@H](CC(C)(C)C)[C@](C#N)(c5ccc(Cl)cc5F)[C@H]4c4cccc(Cl)c4F)c(OC)c3)nc3c(F)c(-c4c(O)cccc4F)c(Cl)cc23)CC1. The second-order valence-corrected chi connectivity index (χ2v) is 24.2. The first-order valence-electron chi connectivity index (χ1n) is 29.1. The Labute approximate surface area is 534 Å². The Kier molecular flexibility index (Phi) is 23.0. The fraction of sp³-hybridized carbons (Fsp3) is 0.400. The van der Waals surface area contributed by atoms with Gasteiger partial charge in [0.25, 0.3) is 5.91 Å². The molecule has 2 fully saturated rings. The first-order valence-corrected chi connectivity index (χ1v) is 30.3. The number of hydrogen-bond donors (Lipinski definition) is 4. The summed E-state index contributed by atoms with van der Waals surface area (Å²) in [4.78, 5) is 67.4. The zero-order chi connectivity index (χ0) is 65.0. The maximum atomic E-state index is 16.5. The smallest absolute Gasteiger partial charge is 0.251 e. The van der Waals surface area contributed by atoms with Gasteiger partial charge in [-0.15, -0.1) is 0 Å².